The molecule has 35 heavy (non-hydrogen) atoms. The quantitative estimate of drug-likeness (QED) is 0.429. The van der Waals surface area contributed by atoms with Crippen molar-refractivity contribution in [1.82, 2.24) is 8.87 Å². The summed E-state index contributed by atoms with van der Waals surface area (Å²) in [7, 11) is -3.58. The van der Waals surface area contributed by atoms with Gasteiger partial charge in [0.2, 0.25) is 10.0 Å². The third-order valence-electron chi connectivity index (χ3n) is 6.61. The molecule has 0 bridgehead atoms. The standard InChI is InChI=1S/C26H33N3O4S2/c1-5-33-15-14-28-23-16-18(2)19(3)17-24(23)34-26(28)27-25(30)21-9-11-22(12-10-21)35(31,32)29-13-7-6-8-20(29)4/h9-12,16-17,20H,5-8,13-15H2,1-4H3. The first-order chi connectivity index (χ1) is 16.7. The molecule has 1 aromatic heterocycles. The molecule has 2 aromatic carbocycles. The number of thiazole rings is 1. The minimum absolute atomic E-state index is 0.0163. The van der Waals surface area contributed by atoms with E-state index < -0.39 is 15.9 Å². The van der Waals surface area contributed by atoms with Gasteiger partial charge in [-0.15, -0.1) is 0 Å². The number of carbonyl (C=O) groups excluding carboxylic acids is 1. The largest absolute Gasteiger partial charge is 0.380 e. The number of hydrogen-bond donors (Lipinski definition) is 0. The molecule has 0 radical (unpaired) electrons. The van der Waals surface area contributed by atoms with Crippen LogP contribution in [0.3, 0.4) is 0 Å². The Bertz CT molecular complexity index is 1390. The molecule has 1 aliphatic heterocycles. The van der Waals surface area contributed by atoms with Gasteiger partial charge in [-0.2, -0.15) is 9.30 Å². The fourth-order valence-electron chi connectivity index (χ4n) is 4.41. The lowest BCUT2D eigenvalue weighted by Crippen LogP contribution is -2.41. The number of benzene rings is 2. The van der Waals surface area contributed by atoms with Gasteiger partial charge in [-0.1, -0.05) is 17.8 Å². The summed E-state index contributed by atoms with van der Waals surface area (Å²) in [6.07, 6.45) is 2.78. The fourth-order valence-corrected chi connectivity index (χ4v) is 7.24. The van der Waals surface area contributed by atoms with Crippen molar-refractivity contribution in [2.45, 2.75) is 64.4 Å². The first kappa shape index (κ1) is 25.8. The minimum Gasteiger partial charge on any atom is -0.380 e. The van der Waals surface area contributed by atoms with E-state index in [0.717, 1.165) is 29.5 Å². The molecular formula is C26H33N3O4S2. The summed E-state index contributed by atoms with van der Waals surface area (Å²) < 4.78 is 36.4. The number of sulfonamides is 1. The molecule has 4 rings (SSSR count). The molecule has 0 aliphatic carbocycles. The molecule has 0 N–H and O–H groups in total. The molecule has 1 saturated heterocycles. The number of aryl methyl sites for hydroxylation is 2. The van der Waals surface area contributed by atoms with Crippen LogP contribution in [0.5, 0.6) is 0 Å². The number of ether oxygens (including phenoxy) is 1. The maximum absolute atomic E-state index is 13.1. The molecule has 0 spiro atoms. The maximum Gasteiger partial charge on any atom is 0.279 e. The average Bonchev–Trinajstić information content (AvgIpc) is 3.15. The summed E-state index contributed by atoms with van der Waals surface area (Å²) in [6, 6.07) is 10.4. The Hall–Kier alpha value is -2.33. The Balaban J connectivity index is 1.65. The van der Waals surface area contributed by atoms with Crippen LogP contribution < -0.4 is 4.80 Å². The molecule has 3 aromatic rings. The van der Waals surface area contributed by atoms with Gasteiger partial charge in [-0.25, -0.2) is 8.42 Å². The minimum atomic E-state index is -3.58. The van der Waals surface area contributed by atoms with E-state index in [1.807, 2.05) is 18.4 Å². The molecular weight excluding hydrogens is 482 g/mol. The van der Waals surface area contributed by atoms with Crippen LogP contribution >= 0.6 is 11.3 Å². The monoisotopic (exact) mass is 515 g/mol. The van der Waals surface area contributed by atoms with Gasteiger partial charge in [-0.3, -0.25) is 4.79 Å². The highest BCUT2D eigenvalue weighted by Gasteiger charge is 2.30. The molecule has 1 amide bonds. The molecule has 9 heteroatoms. The highest BCUT2D eigenvalue weighted by atomic mass is 32.2. The summed E-state index contributed by atoms with van der Waals surface area (Å²) in [6.45, 7) is 10.3. The Morgan fingerprint density at radius 1 is 1.14 bits per heavy atom. The summed E-state index contributed by atoms with van der Waals surface area (Å²) >= 11 is 1.47. The third kappa shape index (κ3) is 5.43. The second-order valence-electron chi connectivity index (χ2n) is 9.04. The van der Waals surface area contributed by atoms with Crippen LogP contribution in [0.1, 0.15) is 54.6 Å². The normalized spacial score (nSPS) is 17.8. The molecule has 1 unspecified atom stereocenters. The highest BCUT2D eigenvalue weighted by molar-refractivity contribution is 7.89. The Kier molecular flexibility index (Phi) is 7.90. The van der Waals surface area contributed by atoms with Crippen LogP contribution in [-0.2, 0) is 21.3 Å². The zero-order valence-corrected chi connectivity index (χ0v) is 22.4. The topological polar surface area (TPSA) is 81.0 Å². The second kappa shape index (κ2) is 10.7. The summed E-state index contributed by atoms with van der Waals surface area (Å²) in [5.41, 5.74) is 3.75. The van der Waals surface area contributed by atoms with Gasteiger partial charge in [0, 0.05) is 31.3 Å². The van der Waals surface area contributed by atoms with Gasteiger partial charge in [-0.05, 0) is 88.1 Å². The molecule has 1 aliphatic rings. The van der Waals surface area contributed by atoms with Gasteiger partial charge in [0.25, 0.3) is 5.91 Å². The van der Waals surface area contributed by atoms with Crippen LogP contribution in [0.25, 0.3) is 10.2 Å². The second-order valence-corrected chi connectivity index (χ2v) is 11.9. The SMILES string of the molecule is CCOCCn1c(=NC(=O)c2ccc(S(=O)(=O)N3CCCCC3C)cc2)sc2cc(C)c(C)cc21. The highest BCUT2D eigenvalue weighted by Crippen LogP contribution is 2.26. The van der Waals surface area contributed by atoms with Gasteiger partial charge in [0.1, 0.15) is 0 Å². The van der Waals surface area contributed by atoms with Crippen molar-refractivity contribution < 1.29 is 17.9 Å². The van der Waals surface area contributed by atoms with E-state index in [9.17, 15) is 13.2 Å². The number of hydrogen-bond acceptors (Lipinski definition) is 5. The van der Waals surface area contributed by atoms with E-state index in [1.165, 1.54) is 34.6 Å². The molecule has 0 saturated carbocycles. The van der Waals surface area contributed by atoms with Crippen LogP contribution in [0.15, 0.2) is 46.3 Å². The Morgan fingerprint density at radius 2 is 1.86 bits per heavy atom. The van der Waals surface area contributed by atoms with Crippen molar-refractivity contribution in [3.05, 3.63) is 57.9 Å². The van der Waals surface area contributed by atoms with Crippen molar-refractivity contribution in [3.8, 4) is 0 Å². The van der Waals surface area contributed by atoms with E-state index in [-0.39, 0.29) is 10.9 Å². The summed E-state index contributed by atoms with van der Waals surface area (Å²) in [5.74, 6) is -0.398. The number of piperidine rings is 1. The Labute approximate surface area is 211 Å². The van der Waals surface area contributed by atoms with E-state index >= 15 is 0 Å². The number of fused-ring (bicyclic) bond motifs is 1. The van der Waals surface area contributed by atoms with E-state index in [1.54, 1.807) is 16.4 Å². The van der Waals surface area contributed by atoms with Gasteiger partial charge in [0.05, 0.1) is 21.7 Å². The van der Waals surface area contributed by atoms with E-state index in [4.69, 9.17) is 4.74 Å². The Morgan fingerprint density at radius 3 is 2.54 bits per heavy atom. The zero-order chi connectivity index (χ0) is 25.2. The zero-order valence-electron chi connectivity index (χ0n) is 20.8. The van der Waals surface area contributed by atoms with Crippen molar-refractivity contribution >= 4 is 37.5 Å². The van der Waals surface area contributed by atoms with Gasteiger partial charge < -0.3 is 9.30 Å². The maximum atomic E-state index is 13.1. The van der Waals surface area contributed by atoms with Gasteiger partial charge in [0.15, 0.2) is 4.80 Å². The van der Waals surface area contributed by atoms with E-state index in [2.05, 4.69) is 31.0 Å². The molecule has 2 heterocycles. The number of amides is 1. The van der Waals surface area contributed by atoms with Crippen molar-refractivity contribution in [1.29, 1.82) is 0 Å². The average molecular weight is 516 g/mol. The fraction of sp³-hybridized carbons (Fsp3) is 0.462. The number of carbonyl (C=O) groups is 1. The van der Waals surface area contributed by atoms with Crippen LogP contribution in [0.4, 0.5) is 0 Å². The lowest BCUT2D eigenvalue weighted by atomic mass is 10.1. The lowest BCUT2D eigenvalue weighted by Gasteiger charge is -2.32. The summed E-state index contributed by atoms with van der Waals surface area (Å²) in [4.78, 5) is 18.3. The molecule has 1 atom stereocenters. The number of nitrogens with zero attached hydrogens (tertiary/aromatic N) is 3. The van der Waals surface area contributed by atoms with Crippen LogP contribution in [0, 0.1) is 13.8 Å². The predicted molar refractivity (Wildman–Crippen MR) is 139 cm³/mol. The number of rotatable bonds is 7. The number of aromatic nitrogens is 1. The smallest absolute Gasteiger partial charge is 0.279 e. The van der Waals surface area contributed by atoms with E-state index in [0.29, 0.717) is 36.7 Å². The third-order valence-corrected chi connectivity index (χ3v) is 9.68. The van der Waals surface area contributed by atoms with Gasteiger partial charge >= 0.3 is 0 Å². The van der Waals surface area contributed by atoms with Crippen LogP contribution in [-0.4, -0.2) is 49.0 Å². The van der Waals surface area contributed by atoms with Crippen molar-refractivity contribution in [2.75, 3.05) is 19.8 Å². The van der Waals surface area contributed by atoms with Crippen molar-refractivity contribution in [3.63, 3.8) is 0 Å². The molecule has 1 fully saturated rings. The molecule has 188 valence electrons. The lowest BCUT2D eigenvalue weighted by molar-refractivity contribution is 0.0996. The molecule has 7 nitrogen and oxygen atoms in total. The first-order valence-corrected chi connectivity index (χ1v) is 14.4. The predicted octanol–water partition coefficient (Wildman–Crippen LogP) is 4.66. The first-order valence-electron chi connectivity index (χ1n) is 12.1. The van der Waals surface area contributed by atoms with Crippen molar-refractivity contribution in [2.24, 2.45) is 4.99 Å². The summed E-state index contributed by atoms with van der Waals surface area (Å²) in [5, 5.41) is 0. The van der Waals surface area contributed by atoms with Crippen LogP contribution in [0.2, 0.25) is 0 Å².